The summed E-state index contributed by atoms with van der Waals surface area (Å²) >= 11 is 5.15. The highest BCUT2D eigenvalue weighted by molar-refractivity contribution is 9.11. The molecule has 0 aliphatic rings. The Kier molecular flexibility index (Phi) is 5.53. The minimum atomic E-state index is 0.0927. The Morgan fingerprint density at radius 2 is 2.32 bits per heavy atom. The van der Waals surface area contributed by atoms with E-state index >= 15 is 0 Å². The summed E-state index contributed by atoms with van der Waals surface area (Å²) < 4.78 is 1.14. The van der Waals surface area contributed by atoms with Crippen LogP contribution < -0.4 is 5.32 Å². The van der Waals surface area contributed by atoms with Crippen molar-refractivity contribution in [3.63, 3.8) is 0 Å². The lowest BCUT2D eigenvalue weighted by Gasteiger charge is -2.03. The van der Waals surface area contributed by atoms with Crippen LogP contribution in [-0.4, -0.2) is 27.6 Å². The van der Waals surface area contributed by atoms with Crippen molar-refractivity contribution in [3.05, 3.63) is 32.9 Å². The third-order valence-electron chi connectivity index (χ3n) is 2.60. The summed E-state index contributed by atoms with van der Waals surface area (Å²) in [4.78, 5) is 16.9. The summed E-state index contributed by atoms with van der Waals surface area (Å²) in [6, 6.07) is 4.13. The zero-order valence-corrected chi connectivity index (χ0v) is 12.8. The van der Waals surface area contributed by atoms with Crippen LogP contribution in [0.2, 0.25) is 0 Å². The molecule has 2 aromatic rings. The Labute approximate surface area is 124 Å². The number of hydrogen-bond acceptors (Lipinski definition) is 4. The number of halogens is 1. The molecule has 0 aromatic carbocycles. The number of nitrogens with zero attached hydrogens (tertiary/aromatic N) is 2. The molecular formula is C12H15BrN4OS. The smallest absolute Gasteiger partial charge is 0.220 e. The van der Waals surface area contributed by atoms with E-state index in [-0.39, 0.29) is 5.91 Å². The molecule has 0 spiro atoms. The standard InChI is InChI=1S/C12H15BrN4OS/c13-10-5-4-9(19-10)2-1-3-12(18)14-7-6-11-15-8-16-17-11/h4-5,8H,1-3,6-7H2,(H,14,18)(H,15,16,17). The van der Waals surface area contributed by atoms with Crippen LogP contribution in [0.3, 0.4) is 0 Å². The highest BCUT2D eigenvalue weighted by atomic mass is 79.9. The van der Waals surface area contributed by atoms with Crippen molar-refractivity contribution in [1.82, 2.24) is 20.5 Å². The number of carbonyl (C=O) groups is 1. The Balaban J connectivity index is 1.57. The first-order valence-electron chi connectivity index (χ1n) is 6.09. The monoisotopic (exact) mass is 342 g/mol. The van der Waals surface area contributed by atoms with E-state index in [1.165, 1.54) is 11.2 Å². The molecule has 7 heteroatoms. The van der Waals surface area contributed by atoms with Crippen LogP contribution in [0.25, 0.3) is 0 Å². The first-order chi connectivity index (χ1) is 9.24. The molecule has 0 atom stereocenters. The summed E-state index contributed by atoms with van der Waals surface area (Å²) in [5.74, 6) is 0.888. The third kappa shape index (κ3) is 5.12. The molecule has 2 N–H and O–H groups in total. The van der Waals surface area contributed by atoms with Gasteiger partial charge in [0.2, 0.25) is 5.91 Å². The quantitative estimate of drug-likeness (QED) is 0.810. The molecule has 1 amide bonds. The minimum absolute atomic E-state index is 0.0927. The van der Waals surface area contributed by atoms with Crippen molar-refractivity contribution in [1.29, 1.82) is 0 Å². The predicted octanol–water partition coefficient (Wildman–Crippen LogP) is 2.31. The second-order valence-electron chi connectivity index (χ2n) is 4.09. The van der Waals surface area contributed by atoms with Gasteiger partial charge in [-0.15, -0.1) is 11.3 Å². The molecule has 5 nitrogen and oxygen atoms in total. The number of aromatic amines is 1. The molecule has 0 radical (unpaired) electrons. The van der Waals surface area contributed by atoms with E-state index in [1.807, 2.05) is 6.07 Å². The summed E-state index contributed by atoms with van der Waals surface area (Å²) in [6.45, 7) is 0.596. The summed E-state index contributed by atoms with van der Waals surface area (Å²) in [7, 11) is 0. The van der Waals surface area contributed by atoms with Crippen molar-refractivity contribution in [3.8, 4) is 0 Å². The summed E-state index contributed by atoms with van der Waals surface area (Å²) in [5.41, 5.74) is 0. The molecule has 0 aliphatic heterocycles. The summed E-state index contributed by atoms with van der Waals surface area (Å²) in [6.07, 6.45) is 4.54. The van der Waals surface area contributed by atoms with Gasteiger partial charge in [-0.1, -0.05) is 0 Å². The van der Waals surface area contributed by atoms with Gasteiger partial charge in [0.1, 0.15) is 12.2 Å². The van der Waals surface area contributed by atoms with E-state index in [1.54, 1.807) is 11.3 Å². The second-order valence-corrected chi connectivity index (χ2v) is 6.64. The SMILES string of the molecule is O=C(CCCc1ccc(Br)s1)NCCc1ncn[nH]1. The van der Waals surface area contributed by atoms with E-state index in [0.717, 1.165) is 22.5 Å². The van der Waals surface area contributed by atoms with Gasteiger partial charge in [0.05, 0.1) is 3.79 Å². The van der Waals surface area contributed by atoms with Crippen molar-refractivity contribution < 1.29 is 4.79 Å². The van der Waals surface area contributed by atoms with Crippen molar-refractivity contribution >= 4 is 33.2 Å². The van der Waals surface area contributed by atoms with E-state index in [0.29, 0.717) is 19.4 Å². The highest BCUT2D eigenvalue weighted by Gasteiger charge is 2.03. The minimum Gasteiger partial charge on any atom is -0.356 e. The number of rotatable bonds is 7. The Bertz CT molecular complexity index is 512. The topological polar surface area (TPSA) is 70.7 Å². The zero-order valence-electron chi connectivity index (χ0n) is 10.4. The molecule has 2 heterocycles. The maximum absolute atomic E-state index is 11.6. The number of hydrogen-bond donors (Lipinski definition) is 2. The van der Waals surface area contributed by atoms with Gasteiger partial charge in [0.15, 0.2) is 0 Å². The van der Waals surface area contributed by atoms with Crippen LogP contribution in [0.1, 0.15) is 23.5 Å². The molecule has 102 valence electrons. The van der Waals surface area contributed by atoms with Crippen LogP contribution in [0.5, 0.6) is 0 Å². The largest absolute Gasteiger partial charge is 0.356 e. The predicted molar refractivity (Wildman–Crippen MR) is 78.1 cm³/mol. The summed E-state index contributed by atoms with van der Waals surface area (Å²) in [5, 5.41) is 9.40. The fourth-order valence-corrected chi connectivity index (χ4v) is 3.19. The zero-order chi connectivity index (χ0) is 13.5. The number of nitrogens with one attached hydrogen (secondary N) is 2. The van der Waals surface area contributed by atoms with Gasteiger partial charge in [-0.2, -0.15) is 5.10 Å². The van der Waals surface area contributed by atoms with Crippen LogP contribution in [0, 0.1) is 0 Å². The van der Waals surface area contributed by atoms with Crippen LogP contribution >= 0.6 is 27.3 Å². The highest BCUT2D eigenvalue weighted by Crippen LogP contribution is 2.23. The van der Waals surface area contributed by atoms with Crippen molar-refractivity contribution in [2.24, 2.45) is 0 Å². The van der Waals surface area contributed by atoms with Gasteiger partial charge in [-0.05, 0) is 40.9 Å². The Hall–Kier alpha value is -1.21. The first-order valence-corrected chi connectivity index (χ1v) is 7.70. The van der Waals surface area contributed by atoms with Crippen molar-refractivity contribution in [2.45, 2.75) is 25.7 Å². The molecule has 0 unspecified atom stereocenters. The maximum Gasteiger partial charge on any atom is 0.220 e. The number of aryl methyl sites for hydroxylation is 1. The molecule has 0 bridgehead atoms. The lowest BCUT2D eigenvalue weighted by Crippen LogP contribution is -2.25. The lowest BCUT2D eigenvalue weighted by atomic mass is 10.2. The Morgan fingerprint density at radius 1 is 1.42 bits per heavy atom. The van der Waals surface area contributed by atoms with Gasteiger partial charge in [-0.3, -0.25) is 9.89 Å². The van der Waals surface area contributed by atoms with E-state index in [2.05, 4.69) is 42.5 Å². The van der Waals surface area contributed by atoms with Gasteiger partial charge >= 0.3 is 0 Å². The molecule has 0 aliphatic carbocycles. The fourth-order valence-electron chi connectivity index (χ4n) is 1.67. The average Bonchev–Trinajstić information content (AvgIpc) is 3.01. The fraction of sp³-hybridized carbons (Fsp3) is 0.417. The molecule has 0 saturated carbocycles. The number of thiophene rings is 1. The van der Waals surface area contributed by atoms with Gasteiger partial charge in [0, 0.05) is 24.3 Å². The van der Waals surface area contributed by atoms with Gasteiger partial charge in [-0.25, -0.2) is 4.98 Å². The van der Waals surface area contributed by atoms with E-state index in [4.69, 9.17) is 0 Å². The molecule has 2 rings (SSSR count). The van der Waals surface area contributed by atoms with Crippen LogP contribution in [0.4, 0.5) is 0 Å². The van der Waals surface area contributed by atoms with Crippen LogP contribution in [0.15, 0.2) is 22.2 Å². The molecule has 2 aromatic heterocycles. The Morgan fingerprint density at radius 3 is 3.00 bits per heavy atom. The first kappa shape index (κ1) is 14.2. The molecular weight excluding hydrogens is 328 g/mol. The third-order valence-corrected chi connectivity index (χ3v) is 4.29. The number of carbonyl (C=O) groups excluding carboxylic acids is 1. The van der Waals surface area contributed by atoms with Crippen molar-refractivity contribution in [2.75, 3.05) is 6.54 Å². The van der Waals surface area contributed by atoms with E-state index in [9.17, 15) is 4.79 Å². The number of H-pyrrole nitrogens is 1. The number of aromatic nitrogens is 3. The molecule has 0 saturated heterocycles. The molecule has 19 heavy (non-hydrogen) atoms. The van der Waals surface area contributed by atoms with E-state index < -0.39 is 0 Å². The van der Waals surface area contributed by atoms with Gasteiger partial charge < -0.3 is 5.32 Å². The van der Waals surface area contributed by atoms with Gasteiger partial charge in [0.25, 0.3) is 0 Å². The number of amides is 1. The molecule has 0 fully saturated rings. The normalized spacial score (nSPS) is 10.6. The lowest BCUT2D eigenvalue weighted by molar-refractivity contribution is -0.121. The average molecular weight is 343 g/mol. The second kappa shape index (κ2) is 7.40. The van der Waals surface area contributed by atoms with Crippen LogP contribution in [-0.2, 0) is 17.6 Å². The maximum atomic E-state index is 11.6.